The van der Waals surface area contributed by atoms with Gasteiger partial charge in [-0.3, -0.25) is 0 Å². The van der Waals surface area contributed by atoms with Crippen LogP contribution < -0.4 is 24.1 Å². The molecule has 298 valence electrons. The van der Waals surface area contributed by atoms with Crippen molar-refractivity contribution in [2.24, 2.45) is 0 Å². The maximum Gasteiger partial charge on any atom is 0.213 e. The molecule has 7 heteroatoms. The number of carboxylic acids is 1. The molecular formula is C53H44O6S. The Morgan fingerprint density at radius 2 is 0.933 bits per heavy atom. The minimum atomic E-state index is -1.36. The zero-order valence-electron chi connectivity index (χ0n) is 33.2. The van der Waals surface area contributed by atoms with Crippen molar-refractivity contribution in [2.75, 3.05) is 6.61 Å². The summed E-state index contributed by atoms with van der Waals surface area (Å²) in [7, 11) is -0.157. The third-order valence-corrected chi connectivity index (χ3v) is 11.4. The highest BCUT2D eigenvalue weighted by molar-refractivity contribution is 7.97. The third kappa shape index (κ3) is 10.6. The Kier molecular flexibility index (Phi) is 14.3. The number of aromatic carboxylic acids is 1. The Labute approximate surface area is 354 Å². The van der Waals surface area contributed by atoms with E-state index in [0.29, 0.717) is 28.4 Å². The quantitative estimate of drug-likeness (QED) is 0.0758. The maximum absolute atomic E-state index is 12.4. The van der Waals surface area contributed by atoms with Crippen molar-refractivity contribution in [3.8, 4) is 51.4 Å². The molecule has 0 spiro atoms. The normalized spacial score (nSPS) is 10.6. The summed E-state index contributed by atoms with van der Waals surface area (Å²) in [6, 6.07) is 67.7. The molecule has 0 saturated heterocycles. The molecule has 0 aliphatic carbocycles. The summed E-state index contributed by atoms with van der Waals surface area (Å²) in [6.07, 6.45) is 2.23. The van der Waals surface area contributed by atoms with Crippen LogP contribution in [-0.4, -0.2) is 12.6 Å². The van der Waals surface area contributed by atoms with Crippen LogP contribution >= 0.6 is 0 Å². The van der Waals surface area contributed by atoms with Gasteiger partial charge >= 0.3 is 0 Å². The molecule has 0 heterocycles. The summed E-state index contributed by atoms with van der Waals surface area (Å²) in [4.78, 5) is 16.3. The fraction of sp³-hybridized carbons (Fsp3) is 0.0755. The van der Waals surface area contributed by atoms with Crippen LogP contribution in [0.5, 0.6) is 40.2 Å². The van der Waals surface area contributed by atoms with Gasteiger partial charge in [-0.1, -0.05) is 147 Å². The van der Waals surface area contributed by atoms with Crippen LogP contribution in [0, 0.1) is 0 Å². The molecule has 0 amide bonds. The number of benzene rings is 8. The second kappa shape index (κ2) is 21.0. The number of carbonyl (C=O) groups excluding carboxylic acids is 1. The smallest absolute Gasteiger partial charge is 0.213 e. The summed E-state index contributed by atoms with van der Waals surface area (Å²) >= 11 is 0. The molecule has 0 saturated carbocycles. The Hall–Kier alpha value is -7.22. The van der Waals surface area contributed by atoms with E-state index in [9.17, 15) is 9.90 Å². The molecule has 0 N–H and O–H groups in total. The molecule has 0 radical (unpaired) electrons. The van der Waals surface area contributed by atoms with Crippen molar-refractivity contribution in [2.45, 2.75) is 34.5 Å². The second-order valence-electron chi connectivity index (χ2n) is 13.4. The predicted molar refractivity (Wildman–Crippen MR) is 238 cm³/mol. The van der Waals surface area contributed by atoms with Crippen LogP contribution in [0.25, 0.3) is 11.1 Å². The zero-order chi connectivity index (χ0) is 41.4. The first kappa shape index (κ1) is 41.0. The van der Waals surface area contributed by atoms with E-state index in [1.165, 1.54) is 20.8 Å². The number of carboxylic acid groups (broad SMARTS) is 1. The highest BCUT2D eigenvalue weighted by Crippen LogP contribution is 2.51. The van der Waals surface area contributed by atoms with Gasteiger partial charge in [0.2, 0.25) is 10.6 Å². The van der Waals surface area contributed by atoms with E-state index in [0.717, 1.165) is 25.2 Å². The van der Waals surface area contributed by atoms with Gasteiger partial charge in [-0.15, -0.1) is 0 Å². The molecule has 8 rings (SSSR count). The van der Waals surface area contributed by atoms with Crippen LogP contribution in [0.4, 0.5) is 0 Å². The van der Waals surface area contributed by atoms with Gasteiger partial charge in [0.05, 0.1) is 12.6 Å². The number of rotatable bonds is 15. The number of carbonyl (C=O) groups is 1. The van der Waals surface area contributed by atoms with Crippen molar-refractivity contribution in [1.29, 1.82) is 0 Å². The lowest BCUT2D eigenvalue weighted by Crippen LogP contribution is -2.23. The van der Waals surface area contributed by atoms with Gasteiger partial charge in [-0.25, -0.2) is 0 Å². The average Bonchev–Trinajstić information content (AvgIpc) is 3.30. The molecule has 0 unspecified atom stereocenters. The second-order valence-corrected chi connectivity index (χ2v) is 15.4. The summed E-state index contributed by atoms with van der Waals surface area (Å²) < 4.78 is 24.9. The number of hydrogen-bond donors (Lipinski definition) is 0. The lowest BCUT2D eigenvalue weighted by atomic mass is 9.97. The topological polar surface area (TPSA) is 77.1 Å². The van der Waals surface area contributed by atoms with Crippen molar-refractivity contribution < 1.29 is 28.8 Å². The number of unbranched alkanes of at least 4 members (excludes halogenated alkanes) is 1. The van der Waals surface area contributed by atoms with Gasteiger partial charge < -0.3 is 28.8 Å². The van der Waals surface area contributed by atoms with E-state index >= 15 is 0 Å². The van der Waals surface area contributed by atoms with Gasteiger partial charge in [0.25, 0.3) is 0 Å². The first-order chi connectivity index (χ1) is 29.6. The standard InChI is InChI=1S/C31H22O5.C22H23OS/c32-31(33)26-21-27(34-23-15-7-2-8-16-23)29(35-24-17-9-3-10-18-24)30(36-25-19-11-4-12-20-25)28(26)22-13-5-1-6-14-22;1-2-3-18-23-21-16-10-11-17-22(21)24(19-12-6-4-7-13-19)20-14-8-5-9-15-20/h1-21H,(H,32,33);4-17H,2-3,18H2,1H3/q;+1/p-1. The van der Waals surface area contributed by atoms with E-state index in [1.54, 1.807) is 36.4 Å². The molecular weight excluding hydrogens is 765 g/mol. The van der Waals surface area contributed by atoms with Crippen LogP contribution in [0.15, 0.2) is 227 Å². The fourth-order valence-corrected chi connectivity index (χ4v) is 8.52. The van der Waals surface area contributed by atoms with Crippen molar-refractivity contribution in [3.05, 3.63) is 218 Å². The molecule has 0 fully saturated rings. The minimum Gasteiger partial charge on any atom is -0.545 e. The van der Waals surface area contributed by atoms with Crippen molar-refractivity contribution in [3.63, 3.8) is 0 Å². The summed E-state index contributed by atoms with van der Waals surface area (Å²) in [6.45, 7) is 2.96. The van der Waals surface area contributed by atoms with Gasteiger partial charge in [0.15, 0.2) is 27.0 Å². The highest BCUT2D eigenvalue weighted by atomic mass is 32.2. The van der Waals surface area contributed by atoms with E-state index in [-0.39, 0.29) is 33.7 Å². The Morgan fingerprint density at radius 1 is 0.500 bits per heavy atom. The van der Waals surface area contributed by atoms with E-state index in [1.807, 2.05) is 84.9 Å². The molecule has 0 aliphatic rings. The molecule has 0 atom stereocenters. The van der Waals surface area contributed by atoms with Gasteiger partial charge in [0.1, 0.15) is 28.1 Å². The van der Waals surface area contributed by atoms with E-state index in [4.69, 9.17) is 18.9 Å². The van der Waals surface area contributed by atoms with Gasteiger partial charge in [-0.2, -0.15) is 0 Å². The number of para-hydroxylation sites is 4. The Balaban J connectivity index is 0.000000197. The van der Waals surface area contributed by atoms with Crippen LogP contribution in [0.1, 0.15) is 30.1 Å². The predicted octanol–water partition coefficient (Wildman–Crippen LogP) is 13.1. The minimum absolute atomic E-state index is 0.0847. The highest BCUT2D eigenvalue weighted by Gasteiger charge is 2.32. The maximum atomic E-state index is 12.4. The van der Waals surface area contributed by atoms with Crippen LogP contribution in [0.2, 0.25) is 0 Å². The average molecular weight is 809 g/mol. The van der Waals surface area contributed by atoms with Crippen molar-refractivity contribution in [1.82, 2.24) is 0 Å². The van der Waals surface area contributed by atoms with E-state index < -0.39 is 5.97 Å². The number of ether oxygens (including phenoxy) is 4. The lowest BCUT2D eigenvalue weighted by Gasteiger charge is -2.23. The number of hydrogen-bond acceptors (Lipinski definition) is 6. The fourth-order valence-electron chi connectivity index (χ4n) is 6.33. The SMILES string of the molecule is CCCCOc1ccccc1[S+](c1ccccc1)c1ccccc1.O=C([O-])c1cc(Oc2ccccc2)c(Oc2ccccc2)c(Oc2ccccc2)c1-c1ccccc1. The molecule has 0 aliphatic heterocycles. The molecule has 6 nitrogen and oxygen atoms in total. The molecule has 0 bridgehead atoms. The summed E-state index contributed by atoms with van der Waals surface area (Å²) in [5.74, 6) is 1.80. The van der Waals surface area contributed by atoms with Gasteiger partial charge in [-0.05, 0) is 90.8 Å². The lowest BCUT2D eigenvalue weighted by molar-refractivity contribution is -0.255. The molecule has 8 aromatic carbocycles. The molecule has 8 aromatic rings. The first-order valence-corrected chi connectivity index (χ1v) is 21.0. The summed E-state index contributed by atoms with van der Waals surface area (Å²) in [5.41, 5.74) is 0.871. The Morgan fingerprint density at radius 3 is 1.43 bits per heavy atom. The van der Waals surface area contributed by atoms with E-state index in [2.05, 4.69) is 91.9 Å². The van der Waals surface area contributed by atoms with Crippen LogP contribution in [0.3, 0.4) is 0 Å². The molecule has 0 aromatic heterocycles. The Bertz CT molecular complexity index is 2500. The first-order valence-electron chi connectivity index (χ1n) is 19.8. The molecule has 60 heavy (non-hydrogen) atoms. The summed E-state index contributed by atoms with van der Waals surface area (Å²) in [5, 5.41) is 12.4. The third-order valence-electron chi connectivity index (χ3n) is 9.16. The van der Waals surface area contributed by atoms with Crippen molar-refractivity contribution >= 4 is 16.9 Å². The monoisotopic (exact) mass is 808 g/mol. The van der Waals surface area contributed by atoms with Crippen LogP contribution in [-0.2, 0) is 10.9 Å². The zero-order valence-corrected chi connectivity index (χ0v) is 34.0. The van der Waals surface area contributed by atoms with Gasteiger partial charge in [0, 0.05) is 11.1 Å². The largest absolute Gasteiger partial charge is 0.545 e.